The summed E-state index contributed by atoms with van der Waals surface area (Å²) in [4.78, 5) is 13.9. The average molecular weight is 228 g/mol. The van der Waals surface area contributed by atoms with Crippen molar-refractivity contribution >= 4 is 5.91 Å². The summed E-state index contributed by atoms with van der Waals surface area (Å²) in [5, 5.41) is 0. The van der Waals surface area contributed by atoms with Gasteiger partial charge in [-0.15, -0.1) is 0 Å². The fourth-order valence-electron chi connectivity index (χ4n) is 2.19. The molecule has 1 aliphatic rings. The normalized spacial score (nSPS) is 22.4. The molecule has 0 saturated carbocycles. The first kappa shape index (κ1) is 13.5. The van der Waals surface area contributed by atoms with Crippen LogP contribution >= 0.6 is 0 Å². The van der Waals surface area contributed by atoms with E-state index in [0.29, 0.717) is 5.92 Å². The van der Waals surface area contributed by atoms with E-state index < -0.39 is 0 Å². The first-order valence-corrected chi connectivity index (χ1v) is 6.22. The Morgan fingerprint density at radius 1 is 1.62 bits per heavy atom. The Morgan fingerprint density at radius 2 is 2.38 bits per heavy atom. The summed E-state index contributed by atoms with van der Waals surface area (Å²) >= 11 is 0. The van der Waals surface area contributed by atoms with Gasteiger partial charge in [-0.25, -0.2) is 0 Å². The first-order valence-electron chi connectivity index (χ1n) is 6.22. The number of nitrogens with two attached hydrogens (primary N) is 1. The average Bonchev–Trinajstić information content (AvgIpc) is 2.74. The van der Waals surface area contributed by atoms with Crippen LogP contribution in [0.5, 0.6) is 0 Å². The second kappa shape index (κ2) is 6.86. The van der Waals surface area contributed by atoms with Crippen LogP contribution in [0.15, 0.2) is 0 Å². The van der Waals surface area contributed by atoms with Crippen molar-refractivity contribution in [3.05, 3.63) is 0 Å². The van der Waals surface area contributed by atoms with Gasteiger partial charge in [-0.2, -0.15) is 0 Å². The zero-order valence-corrected chi connectivity index (χ0v) is 10.4. The highest BCUT2D eigenvalue weighted by atomic mass is 16.5. The van der Waals surface area contributed by atoms with Gasteiger partial charge in [-0.3, -0.25) is 4.79 Å². The van der Waals surface area contributed by atoms with Gasteiger partial charge in [0.1, 0.15) is 0 Å². The van der Waals surface area contributed by atoms with Crippen LogP contribution in [0.4, 0.5) is 0 Å². The van der Waals surface area contributed by atoms with Crippen molar-refractivity contribution in [2.45, 2.75) is 38.6 Å². The van der Waals surface area contributed by atoms with Crippen molar-refractivity contribution in [3.63, 3.8) is 0 Å². The van der Waals surface area contributed by atoms with Gasteiger partial charge in [-0.1, -0.05) is 19.8 Å². The zero-order valence-electron chi connectivity index (χ0n) is 10.4. The minimum absolute atomic E-state index is 0.118. The molecule has 0 spiro atoms. The Bertz CT molecular complexity index is 221. The predicted molar refractivity (Wildman–Crippen MR) is 64.1 cm³/mol. The van der Waals surface area contributed by atoms with E-state index in [0.717, 1.165) is 45.4 Å². The molecule has 1 rings (SSSR count). The molecule has 1 aliphatic heterocycles. The number of nitrogens with zero attached hydrogens (tertiary/aromatic N) is 1. The maximum Gasteiger partial charge on any atom is 0.239 e. The minimum Gasteiger partial charge on any atom is -0.384 e. The summed E-state index contributed by atoms with van der Waals surface area (Å²) in [6, 6.07) is -0.304. The van der Waals surface area contributed by atoms with Crippen molar-refractivity contribution in [1.82, 2.24) is 4.90 Å². The lowest BCUT2D eigenvalue weighted by Crippen LogP contribution is -2.42. The molecule has 0 radical (unpaired) electrons. The SMILES string of the molecule is CCCC[C@H](N)C(=O)N1CCC(COC)C1. The van der Waals surface area contributed by atoms with Gasteiger partial charge in [0.15, 0.2) is 0 Å². The number of likely N-dealkylation sites (tertiary alicyclic amines) is 1. The van der Waals surface area contributed by atoms with Gasteiger partial charge in [0.05, 0.1) is 12.6 Å². The van der Waals surface area contributed by atoms with Gasteiger partial charge in [0.25, 0.3) is 0 Å². The van der Waals surface area contributed by atoms with Gasteiger partial charge >= 0.3 is 0 Å². The van der Waals surface area contributed by atoms with Crippen molar-refractivity contribution < 1.29 is 9.53 Å². The van der Waals surface area contributed by atoms with E-state index in [2.05, 4.69) is 6.92 Å². The fourth-order valence-corrected chi connectivity index (χ4v) is 2.19. The highest BCUT2D eigenvalue weighted by Crippen LogP contribution is 2.17. The van der Waals surface area contributed by atoms with Crippen LogP contribution in [0.25, 0.3) is 0 Å². The molecular weight excluding hydrogens is 204 g/mol. The van der Waals surface area contributed by atoms with E-state index in [1.54, 1.807) is 7.11 Å². The third-order valence-electron chi connectivity index (χ3n) is 3.19. The molecule has 2 N–H and O–H groups in total. The zero-order chi connectivity index (χ0) is 12.0. The molecule has 0 bridgehead atoms. The summed E-state index contributed by atoms with van der Waals surface area (Å²) < 4.78 is 5.11. The van der Waals surface area contributed by atoms with Crippen LogP contribution in [-0.2, 0) is 9.53 Å². The Labute approximate surface area is 98.1 Å². The largest absolute Gasteiger partial charge is 0.384 e. The highest BCUT2D eigenvalue weighted by molar-refractivity contribution is 5.81. The lowest BCUT2D eigenvalue weighted by Gasteiger charge is -2.20. The molecule has 1 heterocycles. The fraction of sp³-hybridized carbons (Fsp3) is 0.917. The number of ether oxygens (including phenoxy) is 1. The smallest absolute Gasteiger partial charge is 0.239 e. The van der Waals surface area contributed by atoms with Gasteiger partial charge in [0.2, 0.25) is 5.91 Å². The Hall–Kier alpha value is -0.610. The van der Waals surface area contributed by atoms with Crippen molar-refractivity contribution in [3.8, 4) is 0 Å². The molecule has 2 atom stereocenters. The molecule has 1 saturated heterocycles. The number of methoxy groups -OCH3 is 1. The number of hydrogen-bond donors (Lipinski definition) is 1. The molecule has 0 aromatic heterocycles. The van der Waals surface area contributed by atoms with Crippen molar-refractivity contribution in [1.29, 1.82) is 0 Å². The van der Waals surface area contributed by atoms with E-state index in [4.69, 9.17) is 10.5 Å². The monoisotopic (exact) mass is 228 g/mol. The van der Waals surface area contributed by atoms with Gasteiger partial charge < -0.3 is 15.4 Å². The third-order valence-corrected chi connectivity index (χ3v) is 3.19. The Balaban J connectivity index is 2.32. The number of rotatable bonds is 6. The molecule has 0 aromatic rings. The maximum atomic E-state index is 12.0. The van der Waals surface area contributed by atoms with Gasteiger partial charge in [-0.05, 0) is 12.8 Å². The summed E-state index contributed by atoms with van der Waals surface area (Å²) in [5.41, 5.74) is 5.88. The molecule has 4 nitrogen and oxygen atoms in total. The summed E-state index contributed by atoms with van der Waals surface area (Å²) in [7, 11) is 1.71. The van der Waals surface area contributed by atoms with E-state index in [9.17, 15) is 4.79 Å². The predicted octanol–water partition coefficient (Wildman–Crippen LogP) is 0.999. The Morgan fingerprint density at radius 3 is 3.00 bits per heavy atom. The number of carbonyl (C=O) groups excluding carboxylic acids is 1. The van der Waals surface area contributed by atoms with E-state index in [-0.39, 0.29) is 11.9 Å². The summed E-state index contributed by atoms with van der Waals surface area (Å²) in [6.07, 6.45) is 3.97. The van der Waals surface area contributed by atoms with Crippen LogP contribution in [0.3, 0.4) is 0 Å². The lowest BCUT2D eigenvalue weighted by molar-refractivity contribution is -0.131. The lowest BCUT2D eigenvalue weighted by atomic mass is 10.1. The van der Waals surface area contributed by atoms with Crippen molar-refractivity contribution in [2.24, 2.45) is 11.7 Å². The molecular formula is C12H24N2O2. The summed E-state index contributed by atoms with van der Waals surface area (Å²) in [5.74, 6) is 0.611. The van der Waals surface area contributed by atoms with Crippen LogP contribution in [0.2, 0.25) is 0 Å². The third kappa shape index (κ3) is 3.76. The second-order valence-corrected chi connectivity index (χ2v) is 4.64. The molecule has 1 amide bonds. The quantitative estimate of drug-likeness (QED) is 0.738. The van der Waals surface area contributed by atoms with Gasteiger partial charge in [0, 0.05) is 26.1 Å². The van der Waals surface area contributed by atoms with E-state index in [1.807, 2.05) is 4.90 Å². The molecule has 94 valence electrons. The van der Waals surface area contributed by atoms with Crippen LogP contribution in [0, 0.1) is 5.92 Å². The van der Waals surface area contributed by atoms with Crippen LogP contribution < -0.4 is 5.73 Å². The van der Waals surface area contributed by atoms with Crippen LogP contribution in [-0.4, -0.2) is 43.7 Å². The maximum absolute atomic E-state index is 12.0. The number of hydrogen-bond acceptors (Lipinski definition) is 3. The molecule has 16 heavy (non-hydrogen) atoms. The topological polar surface area (TPSA) is 55.6 Å². The number of unbranched alkanes of at least 4 members (excludes halogenated alkanes) is 1. The molecule has 1 unspecified atom stereocenters. The highest BCUT2D eigenvalue weighted by Gasteiger charge is 2.28. The van der Waals surface area contributed by atoms with E-state index >= 15 is 0 Å². The first-order chi connectivity index (χ1) is 7.69. The molecule has 0 aromatic carbocycles. The number of amides is 1. The summed E-state index contributed by atoms with van der Waals surface area (Å²) in [6.45, 7) is 4.51. The van der Waals surface area contributed by atoms with E-state index in [1.165, 1.54) is 0 Å². The minimum atomic E-state index is -0.304. The number of carbonyl (C=O) groups is 1. The molecule has 4 heteroatoms. The van der Waals surface area contributed by atoms with Crippen LogP contribution in [0.1, 0.15) is 32.6 Å². The molecule has 0 aliphatic carbocycles. The van der Waals surface area contributed by atoms with Crippen molar-refractivity contribution in [2.75, 3.05) is 26.8 Å². The molecule has 1 fully saturated rings. The Kier molecular flexibility index (Phi) is 5.77. The second-order valence-electron chi connectivity index (χ2n) is 4.64. The standard InChI is InChI=1S/C12H24N2O2/c1-3-4-5-11(13)12(15)14-7-6-10(8-14)9-16-2/h10-11H,3-9,13H2,1-2H3/t10?,11-/m0/s1.